The minimum Gasteiger partial charge on any atom is -0.423 e. The molecule has 0 aliphatic rings. The minimum atomic E-state index is -1.63. The Morgan fingerprint density at radius 3 is 2.33 bits per heavy atom. The van der Waals surface area contributed by atoms with Crippen LogP contribution in [0, 0.1) is 5.82 Å². The van der Waals surface area contributed by atoms with Crippen LogP contribution in [-0.4, -0.2) is 35.2 Å². The van der Waals surface area contributed by atoms with Crippen molar-refractivity contribution in [2.75, 3.05) is 7.05 Å². The molecule has 0 radical (unpaired) electrons. The molecule has 2 N–H and O–H groups in total. The van der Waals surface area contributed by atoms with E-state index in [-0.39, 0.29) is 5.46 Å². The van der Waals surface area contributed by atoms with Crippen molar-refractivity contribution in [2.24, 2.45) is 0 Å². The highest BCUT2D eigenvalue weighted by molar-refractivity contribution is 6.58. The van der Waals surface area contributed by atoms with Gasteiger partial charge in [0.1, 0.15) is 5.82 Å². The van der Waals surface area contributed by atoms with Crippen LogP contribution in [-0.2, 0) is 6.54 Å². The second-order valence-corrected chi connectivity index (χ2v) is 4.65. The van der Waals surface area contributed by atoms with Crippen LogP contribution in [0.15, 0.2) is 18.2 Å². The Morgan fingerprint density at radius 2 is 1.83 bits per heavy atom. The smallest absolute Gasteiger partial charge is 0.423 e. The summed E-state index contributed by atoms with van der Waals surface area (Å²) in [6, 6.07) is 4.67. The van der Waals surface area contributed by atoms with Crippen molar-refractivity contribution in [1.82, 2.24) is 4.90 Å². The van der Waals surface area contributed by atoms with Gasteiger partial charge < -0.3 is 10.0 Å². The molecule has 0 heterocycles. The fraction of sp³-hybridized carbons (Fsp3) is 0.538. The van der Waals surface area contributed by atoms with E-state index in [2.05, 4.69) is 18.7 Å². The van der Waals surface area contributed by atoms with E-state index in [4.69, 9.17) is 10.0 Å². The lowest BCUT2D eigenvalue weighted by Gasteiger charge is -2.26. The molecule has 18 heavy (non-hydrogen) atoms. The van der Waals surface area contributed by atoms with Gasteiger partial charge in [-0.05, 0) is 43.0 Å². The molecule has 1 rings (SSSR count). The molecule has 0 spiro atoms. The van der Waals surface area contributed by atoms with E-state index < -0.39 is 12.9 Å². The van der Waals surface area contributed by atoms with Gasteiger partial charge in [-0.2, -0.15) is 0 Å². The first kappa shape index (κ1) is 15.2. The second kappa shape index (κ2) is 6.88. The Bertz CT molecular complexity index is 383. The highest BCUT2D eigenvalue weighted by atomic mass is 19.1. The third-order valence-corrected chi connectivity index (χ3v) is 3.28. The van der Waals surface area contributed by atoms with E-state index in [1.54, 1.807) is 6.07 Å². The third-order valence-electron chi connectivity index (χ3n) is 3.28. The summed E-state index contributed by atoms with van der Waals surface area (Å²) in [4.78, 5) is 2.16. The van der Waals surface area contributed by atoms with Gasteiger partial charge in [0.2, 0.25) is 0 Å². The molecular formula is C13H21BFNO2. The zero-order valence-corrected chi connectivity index (χ0v) is 11.2. The lowest BCUT2D eigenvalue weighted by molar-refractivity contribution is 0.221. The molecule has 0 saturated carbocycles. The summed E-state index contributed by atoms with van der Waals surface area (Å²) in [6.07, 6.45) is 2.08. The summed E-state index contributed by atoms with van der Waals surface area (Å²) in [7, 11) is 0.371. The number of hydrogen-bond donors (Lipinski definition) is 2. The minimum absolute atomic E-state index is 0.197. The van der Waals surface area contributed by atoms with E-state index in [1.165, 1.54) is 6.07 Å². The molecule has 0 aromatic heterocycles. The molecule has 1 aromatic carbocycles. The van der Waals surface area contributed by atoms with Gasteiger partial charge in [0.15, 0.2) is 0 Å². The average molecular weight is 253 g/mol. The van der Waals surface area contributed by atoms with Crippen molar-refractivity contribution in [3.63, 3.8) is 0 Å². The number of hydrogen-bond acceptors (Lipinski definition) is 3. The first-order valence-electron chi connectivity index (χ1n) is 6.33. The maximum atomic E-state index is 13.4. The topological polar surface area (TPSA) is 43.7 Å². The second-order valence-electron chi connectivity index (χ2n) is 4.65. The largest absolute Gasteiger partial charge is 0.488 e. The normalized spacial score (nSPS) is 11.3. The number of nitrogens with zero attached hydrogens (tertiary/aromatic N) is 1. The quantitative estimate of drug-likeness (QED) is 0.747. The van der Waals surface area contributed by atoms with E-state index >= 15 is 0 Å². The molecule has 0 bridgehead atoms. The van der Waals surface area contributed by atoms with Crippen LogP contribution in [0.2, 0.25) is 0 Å². The van der Waals surface area contributed by atoms with Crippen molar-refractivity contribution in [1.29, 1.82) is 0 Å². The predicted octanol–water partition coefficient (Wildman–Crippen LogP) is 1.13. The maximum Gasteiger partial charge on any atom is 0.488 e. The van der Waals surface area contributed by atoms with Crippen LogP contribution in [0.1, 0.15) is 32.3 Å². The summed E-state index contributed by atoms with van der Waals surface area (Å²) in [6.45, 7) is 4.85. The van der Waals surface area contributed by atoms with Crippen LogP contribution in [0.5, 0.6) is 0 Å². The summed E-state index contributed by atoms with van der Waals surface area (Å²) >= 11 is 0. The Hall–Kier alpha value is -0.905. The van der Waals surface area contributed by atoms with E-state index in [0.717, 1.165) is 24.5 Å². The highest BCUT2D eigenvalue weighted by Gasteiger charge is 2.15. The number of benzene rings is 1. The number of halogens is 1. The SMILES string of the molecule is CCC(CC)N(C)Cc1cc(F)cc(B(O)O)c1. The summed E-state index contributed by atoms with van der Waals surface area (Å²) in [5, 5.41) is 18.2. The van der Waals surface area contributed by atoms with Crippen LogP contribution in [0.4, 0.5) is 4.39 Å². The Labute approximate surface area is 108 Å². The standard InChI is InChI=1S/C13H21BFNO2/c1-4-13(5-2)16(3)9-10-6-11(14(17)18)8-12(15)7-10/h6-8,13,17-18H,4-5,9H2,1-3H3. The summed E-state index contributed by atoms with van der Waals surface area (Å²) in [5.41, 5.74) is 0.954. The molecule has 0 fully saturated rings. The fourth-order valence-electron chi connectivity index (χ4n) is 2.24. The van der Waals surface area contributed by atoms with Crippen LogP contribution in [0.25, 0.3) is 0 Å². The van der Waals surface area contributed by atoms with Crippen LogP contribution in [0.3, 0.4) is 0 Å². The Kier molecular flexibility index (Phi) is 5.79. The van der Waals surface area contributed by atoms with Crippen LogP contribution >= 0.6 is 0 Å². The molecule has 0 atom stereocenters. The molecule has 0 aliphatic heterocycles. The lowest BCUT2D eigenvalue weighted by Crippen LogP contribution is -2.33. The van der Waals surface area contributed by atoms with Gasteiger partial charge in [-0.1, -0.05) is 19.9 Å². The third kappa shape index (κ3) is 4.08. The molecule has 1 aromatic rings. The zero-order chi connectivity index (χ0) is 13.7. The van der Waals surface area contributed by atoms with Crippen molar-refractivity contribution in [3.8, 4) is 0 Å². The van der Waals surface area contributed by atoms with Gasteiger partial charge >= 0.3 is 7.12 Å². The van der Waals surface area contributed by atoms with Gasteiger partial charge in [-0.15, -0.1) is 0 Å². The molecule has 5 heteroatoms. The molecular weight excluding hydrogens is 232 g/mol. The van der Waals surface area contributed by atoms with Crippen molar-refractivity contribution in [2.45, 2.75) is 39.3 Å². The monoisotopic (exact) mass is 253 g/mol. The van der Waals surface area contributed by atoms with Crippen molar-refractivity contribution < 1.29 is 14.4 Å². The van der Waals surface area contributed by atoms with Gasteiger partial charge in [0, 0.05) is 12.6 Å². The van der Waals surface area contributed by atoms with Gasteiger partial charge in [-0.3, -0.25) is 4.90 Å². The maximum absolute atomic E-state index is 13.4. The predicted molar refractivity (Wildman–Crippen MR) is 72.1 cm³/mol. The van der Waals surface area contributed by atoms with Crippen LogP contribution < -0.4 is 5.46 Å². The number of rotatable bonds is 6. The summed E-state index contributed by atoms with van der Waals surface area (Å²) < 4.78 is 13.4. The fourth-order valence-corrected chi connectivity index (χ4v) is 2.24. The zero-order valence-electron chi connectivity index (χ0n) is 11.2. The van der Waals surface area contributed by atoms with Gasteiger partial charge in [0.25, 0.3) is 0 Å². The average Bonchev–Trinajstić information content (AvgIpc) is 2.29. The Morgan fingerprint density at radius 1 is 1.22 bits per heavy atom. The van der Waals surface area contributed by atoms with Gasteiger partial charge in [0.05, 0.1) is 0 Å². The molecule has 0 saturated heterocycles. The molecule has 0 aliphatic carbocycles. The highest BCUT2D eigenvalue weighted by Crippen LogP contribution is 2.11. The van der Waals surface area contributed by atoms with E-state index in [0.29, 0.717) is 12.6 Å². The first-order valence-corrected chi connectivity index (χ1v) is 6.33. The molecule has 3 nitrogen and oxygen atoms in total. The summed E-state index contributed by atoms with van der Waals surface area (Å²) in [5.74, 6) is -0.437. The lowest BCUT2D eigenvalue weighted by atomic mass is 9.79. The van der Waals surface area contributed by atoms with Crippen molar-refractivity contribution >= 4 is 12.6 Å². The van der Waals surface area contributed by atoms with Gasteiger partial charge in [-0.25, -0.2) is 4.39 Å². The molecule has 100 valence electrons. The molecule has 0 amide bonds. The molecule has 0 unspecified atom stereocenters. The van der Waals surface area contributed by atoms with E-state index in [9.17, 15) is 4.39 Å². The van der Waals surface area contributed by atoms with E-state index in [1.807, 2.05) is 7.05 Å². The first-order chi connectivity index (χ1) is 8.47. The van der Waals surface area contributed by atoms with Crippen molar-refractivity contribution in [3.05, 3.63) is 29.6 Å². The Balaban J connectivity index is 2.83.